The van der Waals surface area contributed by atoms with Crippen LogP contribution >= 0.6 is 0 Å². The lowest BCUT2D eigenvalue weighted by Crippen LogP contribution is -2.31. The molecule has 1 aliphatic heterocycles. The van der Waals surface area contributed by atoms with Crippen molar-refractivity contribution in [2.75, 3.05) is 13.7 Å². The molecule has 198 valence electrons. The van der Waals surface area contributed by atoms with E-state index in [0.717, 1.165) is 38.9 Å². The van der Waals surface area contributed by atoms with Crippen LogP contribution in [0.25, 0.3) is 10.8 Å². The van der Waals surface area contributed by atoms with Crippen molar-refractivity contribution in [1.82, 2.24) is 5.01 Å². The number of hydrogen-bond donors (Lipinski definition) is 0. The summed E-state index contributed by atoms with van der Waals surface area (Å²) < 4.78 is 10.7. The molecule has 0 fully saturated rings. The molecule has 6 heteroatoms. The van der Waals surface area contributed by atoms with Gasteiger partial charge in [-0.3, -0.25) is 4.79 Å². The van der Waals surface area contributed by atoms with Crippen molar-refractivity contribution in [2.45, 2.75) is 38.6 Å². The van der Waals surface area contributed by atoms with Crippen molar-refractivity contribution in [3.63, 3.8) is 0 Å². The normalized spacial score (nSPS) is 15.2. The van der Waals surface area contributed by atoms with Crippen LogP contribution in [0.3, 0.4) is 0 Å². The largest absolute Gasteiger partial charge is 0.497 e. The first-order valence-corrected chi connectivity index (χ1v) is 13.0. The van der Waals surface area contributed by atoms with Crippen LogP contribution in [0.5, 0.6) is 5.75 Å². The molecule has 1 aliphatic rings. The number of hydrogen-bond acceptors (Lipinski definition) is 5. The summed E-state index contributed by atoms with van der Waals surface area (Å²) in [7, 11) is 1.62. The lowest BCUT2D eigenvalue weighted by atomic mass is 9.87. The topological polar surface area (TPSA) is 68.2 Å². The molecular weight excluding hydrogens is 488 g/mol. The minimum atomic E-state index is -0.539. The van der Waals surface area contributed by atoms with Crippen LogP contribution in [0.2, 0.25) is 0 Å². The van der Waals surface area contributed by atoms with E-state index in [1.807, 2.05) is 54.6 Å². The van der Waals surface area contributed by atoms with Gasteiger partial charge in [-0.1, -0.05) is 81.4 Å². The van der Waals surface area contributed by atoms with Gasteiger partial charge in [-0.15, -0.1) is 0 Å². The number of rotatable bonds is 6. The molecule has 6 nitrogen and oxygen atoms in total. The Morgan fingerprint density at radius 2 is 1.59 bits per heavy atom. The van der Waals surface area contributed by atoms with E-state index in [9.17, 15) is 9.59 Å². The van der Waals surface area contributed by atoms with Gasteiger partial charge < -0.3 is 9.47 Å². The second-order valence-corrected chi connectivity index (χ2v) is 10.7. The van der Waals surface area contributed by atoms with Gasteiger partial charge in [0.25, 0.3) is 5.91 Å². The van der Waals surface area contributed by atoms with Gasteiger partial charge in [-0.2, -0.15) is 5.10 Å². The summed E-state index contributed by atoms with van der Waals surface area (Å²) in [6.07, 6.45) is 0.540. The van der Waals surface area contributed by atoms with Gasteiger partial charge in [0, 0.05) is 6.42 Å². The molecule has 0 aromatic heterocycles. The van der Waals surface area contributed by atoms with Gasteiger partial charge in [0.05, 0.1) is 24.4 Å². The summed E-state index contributed by atoms with van der Waals surface area (Å²) in [4.78, 5) is 26.1. The molecule has 1 unspecified atom stereocenters. The highest BCUT2D eigenvalue weighted by Gasteiger charge is 2.33. The number of carbonyl (C=O) groups excluding carboxylic acids is 2. The summed E-state index contributed by atoms with van der Waals surface area (Å²) in [5.41, 5.74) is 4.19. The van der Waals surface area contributed by atoms with E-state index in [0.29, 0.717) is 12.0 Å². The lowest BCUT2D eigenvalue weighted by Gasteiger charge is -2.22. The summed E-state index contributed by atoms with van der Waals surface area (Å²) in [6, 6.07) is 28.9. The second kappa shape index (κ2) is 10.7. The van der Waals surface area contributed by atoms with Crippen LogP contribution in [0.15, 0.2) is 96.1 Å². The van der Waals surface area contributed by atoms with Crippen molar-refractivity contribution < 1.29 is 19.1 Å². The van der Waals surface area contributed by atoms with Gasteiger partial charge in [-0.05, 0) is 63.2 Å². The highest BCUT2D eigenvalue weighted by atomic mass is 16.5. The summed E-state index contributed by atoms with van der Waals surface area (Å²) in [5.74, 6) is -0.189. The van der Waals surface area contributed by atoms with Crippen LogP contribution < -0.4 is 4.74 Å². The van der Waals surface area contributed by atoms with Crippen LogP contribution in [-0.4, -0.2) is 36.3 Å². The Morgan fingerprint density at radius 1 is 0.897 bits per heavy atom. The number of methoxy groups -OCH3 is 1. The fourth-order valence-corrected chi connectivity index (χ4v) is 4.75. The molecule has 0 aliphatic carbocycles. The number of ether oxygens (including phenoxy) is 2. The molecule has 1 atom stereocenters. The summed E-state index contributed by atoms with van der Waals surface area (Å²) in [6.45, 7) is 5.93. The van der Waals surface area contributed by atoms with Crippen LogP contribution in [0.4, 0.5) is 0 Å². The maximum Gasteiger partial charge on any atom is 0.338 e. The smallest absolute Gasteiger partial charge is 0.338 e. The molecule has 4 aromatic rings. The number of carbonyl (C=O) groups is 2. The molecule has 0 bridgehead atoms. The zero-order valence-corrected chi connectivity index (χ0v) is 22.7. The first-order valence-electron chi connectivity index (χ1n) is 13.0. The minimum Gasteiger partial charge on any atom is -0.497 e. The number of hydrazone groups is 1. The van der Waals surface area contributed by atoms with E-state index < -0.39 is 12.6 Å². The highest BCUT2D eigenvalue weighted by molar-refractivity contribution is 6.05. The molecule has 5 rings (SSSR count). The third kappa shape index (κ3) is 5.70. The molecule has 1 heterocycles. The first kappa shape index (κ1) is 26.2. The Kier molecular flexibility index (Phi) is 7.20. The van der Waals surface area contributed by atoms with E-state index in [1.54, 1.807) is 19.2 Å². The quantitative estimate of drug-likeness (QED) is 0.266. The van der Waals surface area contributed by atoms with Crippen LogP contribution in [-0.2, 0) is 14.9 Å². The highest BCUT2D eigenvalue weighted by Crippen LogP contribution is 2.34. The first-order chi connectivity index (χ1) is 18.7. The average Bonchev–Trinajstić information content (AvgIpc) is 3.41. The third-order valence-corrected chi connectivity index (χ3v) is 7.06. The SMILES string of the molecule is COc1ccc(C2CC(c3ccc4ccccc4c3)=NN2C(=O)COC(=O)c2ccc(C(C)(C)C)cc2)cc1. The van der Waals surface area contributed by atoms with E-state index in [4.69, 9.17) is 14.6 Å². The van der Waals surface area contributed by atoms with E-state index in [1.165, 1.54) is 5.01 Å². The van der Waals surface area contributed by atoms with Gasteiger partial charge in [0.1, 0.15) is 5.75 Å². The third-order valence-electron chi connectivity index (χ3n) is 7.06. The Labute approximate surface area is 228 Å². The van der Waals surface area contributed by atoms with Gasteiger partial charge in [0.15, 0.2) is 6.61 Å². The fourth-order valence-electron chi connectivity index (χ4n) is 4.75. The van der Waals surface area contributed by atoms with Crippen molar-refractivity contribution in [3.8, 4) is 5.75 Å². The average molecular weight is 521 g/mol. The Hall–Kier alpha value is -4.45. The molecule has 4 aromatic carbocycles. The van der Waals surface area contributed by atoms with Crippen molar-refractivity contribution in [1.29, 1.82) is 0 Å². The minimum absolute atomic E-state index is 0.0224. The zero-order valence-electron chi connectivity index (χ0n) is 22.7. The maximum atomic E-state index is 13.4. The monoisotopic (exact) mass is 520 g/mol. The number of nitrogens with zero attached hydrogens (tertiary/aromatic N) is 2. The molecule has 0 spiro atoms. The van der Waals surface area contributed by atoms with E-state index in [-0.39, 0.29) is 17.4 Å². The second-order valence-electron chi connectivity index (χ2n) is 10.7. The van der Waals surface area contributed by atoms with E-state index >= 15 is 0 Å². The van der Waals surface area contributed by atoms with Gasteiger partial charge in [0.2, 0.25) is 0 Å². The lowest BCUT2D eigenvalue weighted by molar-refractivity contribution is -0.136. The zero-order chi connectivity index (χ0) is 27.6. The van der Waals surface area contributed by atoms with Gasteiger partial charge in [-0.25, -0.2) is 9.80 Å². The molecule has 0 saturated carbocycles. The molecule has 39 heavy (non-hydrogen) atoms. The summed E-state index contributed by atoms with van der Waals surface area (Å²) >= 11 is 0. The maximum absolute atomic E-state index is 13.4. The molecular formula is C33H32N2O4. The standard InChI is InChI=1S/C33H32N2O4/c1-33(2,3)27-15-11-24(12-16-27)32(37)39-21-31(36)35-30(23-13-17-28(38-4)18-14-23)20-29(34-35)26-10-9-22-7-5-6-8-25(22)19-26/h5-19,30H,20-21H2,1-4H3. The number of amides is 1. The van der Waals surface area contributed by atoms with Crippen LogP contribution in [0.1, 0.15) is 60.3 Å². The summed E-state index contributed by atoms with van der Waals surface area (Å²) in [5, 5.41) is 8.43. The number of esters is 1. The predicted octanol–water partition coefficient (Wildman–Crippen LogP) is 6.68. The van der Waals surface area contributed by atoms with Crippen molar-refractivity contribution >= 4 is 28.4 Å². The Bertz CT molecular complexity index is 1530. The molecule has 0 radical (unpaired) electrons. The van der Waals surface area contributed by atoms with Crippen molar-refractivity contribution in [2.24, 2.45) is 5.10 Å². The van der Waals surface area contributed by atoms with Crippen molar-refractivity contribution in [3.05, 3.63) is 113 Å². The van der Waals surface area contributed by atoms with Crippen LogP contribution in [0, 0.1) is 0 Å². The fraction of sp³-hybridized carbons (Fsp3) is 0.242. The number of fused-ring (bicyclic) bond motifs is 1. The molecule has 0 N–H and O–H groups in total. The van der Waals surface area contributed by atoms with E-state index in [2.05, 4.69) is 45.0 Å². The Balaban J connectivity index is 1.37. The molecule has 0 saturated heterocycles. The number of benzene rings is 4. The molecule has 1 amide bonds. The van der Waals surface area contributed by atoms with Gasteiger partial charge >= 0.3 is 5.97 Å². The predicted molar refractivity (Wildman–Crippen MR) is 153 cm³/mol. The Morgan fingerprint density at radius 3 is 2.26 bits per heavy atom.